The third-order valence-electron chi connectivity index (χ3n) is 5.75. The summed E-state index contributed by atoms with van der Waals surface area (Å²) in [7, 11) is 1.68. The number of benzene rings is 1. The van der Waals surface area contributed by atoms with Gasteiger partial charge in [-0.25, -0.2) is 0 Å². The molecule has 0 aliphatic carbocycles. The van der Waals surface area contributed by atoms with Crippen molar-refractivity contribution in [1.29, 1.82) is 0 Å². The lowest BCUT2D eigenvalue weighted by molar-refractivity contribution is 0.112. The Bertz CT molecular complexity index is 615. The van der Waals surface area contributed by atoms with E-state index in [-0.39, 0.29) is 12.2 Å². The van der Waals surface area contributed by atoms with Gasteiger partial charge in [-0.15, -0.1) is 0 Å². The summed E-state index contributed by atoms with van der Waals surface area (Å²) in [5.74, 6) is 1.49. The van der Waals surface area contributed by atoms with Gasteiger partial charge in [-0.05, 0) is 48.4 Å². The van der Waals surface area contributed by atoms with Gasteiger partial charge in [-0.2, -0.15) is 0 Å². The van der Waals surface area contributed by atoms with Gasteiger partial charge in [0.15, 0.2) is 0 Å². The molecule has 3 atom stereocenters. The second-order valence-corrected chi connectivity index (χ2v) is 7.76. The molecule has 0 spiro atoms. The van der Waals surface area contributed by atoms with Gasteiger partial charge < -0.3 is 14.6 Å². The van der Waals surface area contributed by atoms with E-state index in [4.69, 9.17) is 9.47 Å². The van der Waals surface area contributed by atoms with E-state index in [1.165, 1.54) is 11.1 Å². The highest BCUT2D eigenvalue weighted by Crippen LogP contribution is 2.53. The Hall–Kier alpha value is -1.10. The molecule has 1 aromatic carbocycles. The first-order valence-corrected chi connectivity index (χ1v) is 8.78. The summed E-state index contributed by atoms with van der Waals surface area (Å²) in [5, 5.41) is 9.63. The standard InChI is InChI=1S/C19H27NO3/c1-12(2)9-19-11-20-5-4-13-7-17(22-3)14(10-21)6-15(13)16(20)8-18(19)23-19/h6-7,12,16,18,21H,4-5,8-11H2,1-3H3/t16-,18?,19?/m1/s1. The Balaban J connectivity index is 1.62. The molecule has 2 fully saturated rings. The van der Waals surface area contributed by atoms with Crippen LogP contribution < -0.4 is 4.74 Å². The van der Waals surface area contributed by atoms with Crippen LogP contribution in [0.5, 0.6) is 5.75 Å². The first kappa shape index (κ1) is 15.4. The van der Waals surface area contributed by atoms with Crippen LogP contribution >= 0.6 is 0 Å². The Morgan fingerprint density at radius 3 is 2.96 bits per heavy atom. The van der Waals surface area contributed by atoms with Crippen LogP contribution in [0.25, 0.3) is 0 Å². The number of methoxy groups -OCH3 is 1. The summed E-state index contributed by atoms with van der Waals surface area (Å²) in [6.07, 6.45) is 3.71. The number of aliphatic hydroxyl groups excluding tert-OH is 1. The van der Waals surface area contributed by atoms with Crippen LogP contribution in [0.1, 0.15) is 49.4 Å². The molecule has 3 aliphatic rings. The number of hydrogen-bond acceptors (Lipinski definition) is 4. The average molecular weight is 317 g/mol. The number of hydrogen-bond donors (Lipinski definition) is 1. The minimum absolute atomic E-state index is 0.0282. The lowest BCUT2D eigenvalue weighted by Crippen LogP contribution is -2.47. The van der Waals surface area contributed by atoms with E-state index in [0.29, 0.717) is 18.1 Å². The minimum atomic E-state index is 0.0282. The van der Waals surface area contributed by atoms with Gasteiger partial charge in [-0.1, -0.05) is 13.8 Å². The van der Waals surface area contributed by atoms with Gasteiger partial charge >= 0.3 is 0 Å². The van der Waals surface area contributed by atoms with Crippen molar-refractivity contribution in [3.05, 3.63) is 28.8 Å². The van der Waals surface area contributed by atoms with Gasteiger partial charge in [0.25, 0.3) is 0 Å². The Labute approximate surface area is 138 Å². The lowest BCUT2D eigenvalue weighted by Gasteiger charge is -2.42. The number of fused-ring (bicyclic) bond motifs is 4. The largest absolute Gasteiger partial charge is 0.496 e. The molecule has 126 valence electrons. The molecule has 4 rings (SSSR count). The predicted molar refractivity (Wildman–Crippen MR) is 88.6 cm³/mol. The van der Waals surface area contributed by atoms with Crippen molar-refractivity contribution >= 4 is 0 Å². The van der Waals surface area contributed by atoms with E-state index in [1.807, 2.05) is 0 Å². The molecule has 1 aromatic rings. The fraction of sp³-hybridized carbons (Fsp3) is 0.684. The fourth-order valence-electron chi connectivity index (χ4n) is 4.74. The number of aliphatic hydroxyl groups is 1. The van der Waals surface area contributed by atoms with E-state index in [1.54, 1.807) is 7.11 Å². The minimum Gasteiger partial charge on any atom is -0.496 e. The van der Waals surface area contributed by atoms with E-state index in [0.717, 1.165) is 43.7 Å². The first-order valence-electron chi connectivity index (χ1n) is 8.78. The maximum absolute atomic E-state index is 9.63. The summed E-state index contributed by atoms with van der Waals surface area (Å²) in [6, 6.07) is 4.72. The molecule has 4 nitrogen and oxygen atoms in total. The summed E-state index contributed by atoms with van der Waals surface area (Å²) in [6.45, 7) is 6.74. The Morgan fingerprint density at radius 1 is 1.43 bits per heavy atom. The molecule has 3 aliphatic heterocycles. The molecule has 0 radical (unpaired) electrons. The third-order valence-corrected chi connectivity index (χ3v) is 5.75. The topological polar surface area (TPSA) is 45.2 Å². The second kappa shape index (κ2) is 5.47. The molecule has 1 N–H and O–H groups in total. The SMILES string of the molecule is COc1cc2c(cc1CO)[C@H]1CC3OC3(CC(C)C)CN1CC2. The van der Waals surface area contributed by atoms with Crippen molar-refractivity contribution in [2.75, 3.05) is 20.2 Å². The highest BCUT2D eigenvalue weighted by atomic mass is 16.6. The number of nitrogens with zero attached hydrogens (tertiary/aromatic N) is 1. The molecule has 4 heteroatoms. The summed E-state index contributed by atoms with van der Waals surface area (Å²) in [5.41, 5.74) is 3.75. The maximum Gasteiger partial charge on any atom is 0.124 e. The Kier molecular flexibility index (Phi) is 3.67. The van der Waals surface area contributed by atoms with Crippen LogP contribution in [0, 0.1) is 5.92 Å². The zero-order chi connectivity index (χ0) is 16.2. The van der Waals surface area contributed by atoms with Crippen LogP contribution in [0.15, 0.2) is 12.1 Å². The number of epoxide rings is 1. The third kappa shape index (κ3) is 2.48. The average Bonchev–Trinajstić information content (AvgIpc) is 3.22. The van der Waals surface area contributed by atoms with Crippen LogP contribution in [-0.4, -0.2) is 41.9 Å². The molecule has 2 saturated heterocycles. The van der Waals surface area contributed by atoms with Gasteiger partial charge in [0.1, 0.15) is 11.4 Å². The zero-order valence-corrected chi connectivity index (χ0v) is 14.3. The molecule has 0 aromatic heterocycles. The molecule has 0 bridgehead atoms. The van der Waals surface area contributed by atoms with Crippen LogP contribution in [0.2, 0.25) is 0 Å². The predicted octanol–water partition coefficient (Wildman–Crippen LogP) is 2.67. The summed E-state index contributed by atoms with van der Waals surface area (Å²) < 4.78 is 11.6. The highest BCUT2D eigenvalue weighted by molar-refractivity contribution is 5.45. The van der Waals surface area contributed by atoms with Crippen molar-refractivity contribution in [3.63, 3.8) is 0 Å². The molecule has 0 amide bonds. The van der Waals surface area contributed by atoms with Gasteiger partial charge in [0.05, 0.1) is 19.8 Å². The van der Waals surface area contributed by atoms with Crippen LogP contribution in [0.4, 0.5) is 0 Å². The van der Waals surface area contributed by atoms with Crippen molar-refractivity contribution in [2.24, 2.45) is 5.92 Å². The molecule has 2 unspecified atom stereocenters. The zero-order valence-electron chi connectivity index (χ0n) is 14.3. The fourth-order valence-corrected chi connectivity index (χ4v) is 4.74. The van der Waals surface area contributed by atoms with Crippen molar-refractivity contribution in [2.45, 2.75) is 57.5 Å². The molecule has 0 saturated carbocycles. The lowest BCUT2D eigenvalue weighted by atomic mass is 9.80. The number of piperidine rings is 1. The Morgan fingerprint density at radius 2 is 2.26 bits per heavy atom. The van der Waals surface area contributed by atoms with Crippen LogP contribution in [-0.2, 0) is 17.8 Å². The van der Waals surface area contributed by atoms with Gasteiger partial charge in [0.2, 0.25) is 0 Å². The normalized spacial score (nSPS) is 32.2. The van der Waals surface area contributed by atoms with Gasteiger partial charge in [-0.3, -0.25) is 4.90 Å². The van der Waals surface area contributed by atoms with E-state index in [9.17, 15) is 5.11 Å². The van der Waals surface area contributed by atoms with Crippen molar-refractivity contribution in [3.8, 4) is 5.75 Å². The summed E-state index contributed by atoms with van der Waals surface area (Å²) >= 11 is 0. The van der Waals surface area contributed by atoms with E-state index < -0.39 is 0 Å². The van der Waals surface area contributed by atoms with Crippen molar-refractivity contribution < 1.29 is 14.6 Å². The molecule has 3 heterocycles. The number of rotatable bonds is 4. The number of ether oxygens (including phenoxy) is 2. The second-order valence-electron chi connectivity index (χ2n) is 7.76. The smallest absolute Gasteiger partial charge is 0.124 e. The summed E-state index contributed by atoms with van der Waals surface area (Å²) in [4.78, 5) is 2.60. The first-order chi connectivity index (χ1) is 11.1. The molecular weight excluding hydrogens is 290 g/mol. The van der Waals surface area contributed by atoms with E-state index in [2.05, 4.69) is 30.9 Å². The highest BCUT2D eigenvalue weighted by Gasteiger charge is 2.61. The molecule has 23 heavy (non-hydrogen) atoms. The quantitative estimate of drug-likeness (QED) is 0.867. The van der Waals surface area contributed by atoms with Crippen molar-refractivity contribution in [1.82, 2.24) is 4.90 Å². The monoisotopic (exact) mass is 317 g/mol. The molecular formula is C19H27NO3. The maximum atomic E-state index is 9.63. The van der Waals surface area contributed by atoms with Gasteiger partial charge in [0, 0.05) is 24.7 Å². The van der Waals surface area contributed by atoms with Crippen LogP contribution in [0.3, 0.4) is 0 Å². The van der Waals surface area contributed by atoms with E-state index >= 15 is 0 Å².